The first kappa shape index (κ1) is 20.3. The summed E-state index contributed by atoms with van der Waals surface area (Å²) in [5, 5.41) is 9.70. The number of carbonyl (C=O) groups is 1. The summed E-state index contributed by atoms with van der Waals surface area (Å²) in [6, 6.07) is 9.83. The highest BCUT2D eigenvalue weighted by Crippen LogP contribution is 2.12. The first-order valence-electron chi connectivity index (χ1n) is 7.21. The Kier molecular flexibility index (Phi) is 9.63. The van der Waals surface area contributed by atoms with E-state index in [1.807, 2.05) is 44.2 Å². The van der Waals surface area contributed by atoms with Gasteiger partial charge in [0.05, 0.1) is 6.61 Å². The lowest BCUT2D eigenvalue weighted by Gasteiger charge is -2.19. The number of hydrogen-bond acceptors (Lipinski definition) is 5. The molecule has 0 bridgehead atoms. The summed E-state index contributed by atoms with van der Waals surface area (Å²) in [6.45, 7) is 4.46. The van der Waals surface area contributed by atoms with Crippen LogP contribution in [0.1, 0.15) is 25.8 Å². The molecule has 4 nitrogen and oxygen atoms in total. The lowest BCUT2D eigenvalue weighted by molar-refractivity contribution is -0.152. The minimum atomic E-state index is -1.22. The van der Waals surface area contributed by atoms with Gasteiger partial charge in [0, 0.05) is 12.2 Å². The Bertz CT molecular complexity index is 537. The van der Waals surface area contributed by atoms with Gasteiger partial charge in [0.2, 0.25) is 0 Å². The van der Waals surface area contributed by atoms with Crippen LogP contribution in [0.4, 0.5) is 0 Å². The minimum absolute atomic E-state index is 0.0360. The fourth-order valence-corrected chi connectivity index (χ4v) is 2.27. The zero-order valence-electron chi connectivity index (χ0n) is 13.3. The Labute approximate surface area is 153 Å². The van der Waals surface area contributed by atoms with Crippen LogP contribution in [0.3, 0.4) is 0 Å². The first-order chi connectivity index (χ1) is 10.9. The van der Waals surface area contributed by atoms with Crippen LogP contribution in [-0.2, 0) is 20.9 Å². The first-order valence-corrected chi connectivity index (χ1v) is 10.7. The molecule has 23 heavy (non-hydrogen) atoms. The van der Waals surface area contributed by atoms with Gasteiger partial charge in [-0.2, -0.15) is 0 Å². The van der Waals surface area contributed by atoms with Gasteiger partial charge in [0.15, 0.2) is 6.10 Å². The molecular formula is C17H21IO4S. The number of carbonyl (C=O) groups excluding carboxylic acids is 1. The molecule has 126 valence electrons. The number of rotatable bonds is 8. The fourth-order valence-electron chi connectivity index (χ4n) is 1.59. The van der Waals surface area contributed by atoms with Crippen molar-refractivity contribution in [2.24, 2.45) is 0 Å². The average Bonchev–Trinajstić information content (AvgIpc) is 2.54. The molecule has 1 N–H and O–H groups in total. The number of aliphatic hydroxyl groups is 1. The highest BCUT2D eigenvalue weighted by molar-refractivity contribution is 14.2. The highest BCUT2D eigenvalue weighted by Gasteiger charge is 2.17. The van der Waals surface area contributed by atoms with Gasteiger partial charge in [0.1, 0.15) is 12.2 Å². The molecule has 6 heteroatoms. The van der Waals surface area contributed by atoms with E-state index in [9.17, 15) is 9.90 Å². The van der Waals surface area contributed by atoms with Crippen molar-refractivity contribution in [3.8, 4) is 11.8 Å². The van der Waals surface area contributed by atoms with E-state index >= 15 is 0 Å². The Morgan fingerprint density at radius 3 is 2.74 bits per heavy atom. The zero-order chi connectivity index (χ0) is 17.1. The van der Waals surface area contributed by atoms with Gasteiger partial charge in [-0.3, -0.25) is 0 Å². The number of halogens is 1. The molecule has 1 rings (SSSR count). The second kappa shape index (κ2) is 10.9. The predicted molar refractivity (Wildman–Crippen MR) is 101 cm³/mol. The third-order valence-corrected chi connectivity index (χ3v) is 4.45. The smallest absolute Gasteiger partial charge is 0.335 e. The topological polar surface area (TPSA) is 55.8 Å². The van der Waals surface area contributed by atoms with Crippen LogP contribution in [0.15, 0.2) is 30.3 Å². The second-order valence-corrected chi connectivity index (χ2v) is 7.78. The quantitative estimate of drug-likeness (QED) is 0.286. The van der Waals surface area contributed by atoms with Gasteiger partial charge in [-0.05, 0) is 40.6 Å². The maximum atomic E-state index is 11.5. The van der Waals surface area contributed by atoms with Crippen molar-refractivity contribution >= 4 is 36.1 Å². The van der Waals surface area contributed by atoms with Gasteiger partial charge < -0.3 is 14.6 Å². The van der Waals surface area contributed by atoms with Gasteiger partial charge in [-0.1, -0.05) is 51.1 Å². The molecule has 0 saturated carbocycles. The predicted octanol–water partition coefficient (Wildman–Crippen LogP) is 3.36. The van der Waals surface area contributed by atoms with Crippen LogP contribution < -0.4 is 0 Å². The summed E-state index contributed by atoms with van der Waals surface area (Å²) in [7, 11) is 1.55. The molecular weight excluding hydrogens is 427 g/mol. The van der Waals surface area contributed by atoms with Crippen molar-refractivity contribution in [2.75, 3.05) is 12.4 Å². The third-order valence-electron chi connectivity index (χ3n) is 2.80. The molecule has 1 aromatic rings. The van der Waals surface area contributed by atoms with Crippen LogP contribution in [0.5, 0.6) is 0 Å². The Balaban J connectivity index is 2.39. The van der Waals surface area contributed by atoms with E-state index in [1.54, 1.807) is 8.93 Å². The van der Waals surface area contributed by atoms with Gasteiger partial charge in [-0.15, -0.1) is 0 Å². The maximum Gasteiger partial charge on any atom is 0.335 e. The summed E-state index contributed by atoms with van der Waals surface area (Å²) in [6.07, 6.45) is -1.18. The molecule has 1 aromatic carbocycles. The van der Waals surface area contributed by atoms with Gasteiger partial charge in [-0.25, -0.2) is 4.79 Å². The third kappa shape index (κ3) is 9.20. The molecule has 0 saturated heterocycles. The Morgan fingerprint density at radius 2 is 2.09 bits per heavy atom. The monoisotopic (exact) mass is 448 g/mol. The molecule has 0 radical (unpaired) electrons. The van der Waals surface area contributed by atoms with Crippen molar-refractivity contribution in [1.29, 1.82) is 0 Å². The number of esters is 1. The maximum absolute atomic E-state index is 11.5. The summed E-state index contributed by atoms with van der Waals surface area (Å²) in [5.74, 6) is 5.81. The van der Waals surface area contributed by atoms with E-state index in [2.05, 4.69) is 33.0 Å². The van der Waals surface area contributed by atoms with E-state index in [0.717, 1.165) is 5.56 Å². The fraction of sp³-hybridized carbons (Fsp3) is 0.471. The number of ether oxygens (including phenoxy) is 2. The molecule has 0 amide bonds. The molecule has 0 aliphatic rings. The molecule has 0 spiro atoms. The summed E-state index contributed by atoms with van der Waals surface area (Å²) >= 11 is 2.12. The van der Waals surface area contributed by atoms with E-state index in [4.69, 9.17) is 9.47 Å². The van der Waals surface area contributed by atoms with Crippen molar-refractivity contribution in [3.05, 3.63) is 35.9 Å². The van der Waals surface area contributed by atoms with Crippen LogP contribution in [0, 0.1) is 11.8 Å². The average molecular weight is 448 g/mol. The van der Waals surface area contributed by atoms with Gasteiger partial charge in [0.25, 0.3) is 0 Å². The minimum Gasteiger partial charge on any atom is -0.463 e. The molecule has 0 heterocycles. The van der Waals surface area contributed by atoms with Crippen LogP contribution >= 0.6 is 30.1 Å². The van der Waals surface area contributed by atoms with Crippen molar-refractivity contribution in [3.63, 3.8) is 0 Å². The number of benzene rings is 1. The van der Waals surface area contributed by atoms with E-state index in [-0.39, 0.29) is 6.42 Å². The van der Waals surface area contributed by atoms with Crippen molar-refractivity contribution in [2.45, 2.75) is 38.6 Å². The molecule has 0 aliphatic heterocycles. The summed E-state index contributed by atoms with van der Waals surface area (Å²) in [4.78, 5) is 11.5. The van der Waals surface area contributed by atoms with E-state index in [1.165, 1.54) is 0 Å². The van der Waals surface area contributed by atoms with Crippen LogP contribution in [0.2, 0.25) is 0 Å². The summed E-state index contributed by atoms with van der Waals surface area (Å²) < 4.78 is 10.7. The van der Waals surface area contributed by atoms with Crippen molar-refractivity contribution < 1.29 is 19.4 Å². The van der Waals surface area contributed by atoms with Crippen LogP contribution in [-0.4, -0.2) is 35.1 Å². The lowest BCUT2D eigenvalue weighted by atomic mass is 10.1. The highest BCUT2D eigenvalue weighted by atomic mass is 127. The Hall–Kier alpha value is -0.750. The lowest BCUT2D eigenvalue weighted by Crippen LogP contribution is -2.24. The zero-order valence-corrected chi connectivity index (χ0v) is 16.2. The number of aliphatic hydroxyl groups excluding tert-OH is 1. The molecule has 0 aromatic heterocycles. The van der Waals surface area contributed by atoms with Gasteiger partial charge >= 0.3 is 5.97 Å². The largest absolute Gasteiger partial charge is 0.463 e. The van der Waals surface area contributed by atoms with Crippen molar-refractivity contribution in [1.82, 2.24) is 0 Å². The van der Waals surface area contributed by atoms with E-state index < -0.39 is 17.7 Å². The SMILES string of the molecule is CC(C)(C#CCC(O)C(=O)OCCSI)OCc1ccccc1. The molecule has 0 fully saturated rings. The standard InChI is InChI=1S/C17H21IO4S/c1-17(2,22-13-14-7-4-3-5-8-14)10-6-9-15(19)16(20)21-11-12-23-18/h3-5,7-8,15,19H,9,11-13H2,1-2H3. The summed E-state index contributed by atoms with van der Waals surface area (Å²) in [5.41, 5.74) is 0.413. The molecule has 1 atom stereocenters. The molecule has 0 aliphatic carbocycles. The van der Waals surface area contributed by atoms with E-state index in [0.29, 0.717) is 19.0 Å². The number of hydrogen-bond donors (Lipinski definition) is 1. The Morgan fingerprint density at radius 1 is 1.39 bits per heavy atom. The normalized spacial score (nSPS) is 12.2. The second-order valence-electron chi connectivity index (χ2n) is 5.29. The van der Waals surface area contributed by atoms with Crippen LogP contribution in [0.25, 0.3) is 0 Å². The molecule has 1 unspecified atom stereocenters.